The van der Waals surface area contributed by atoms with Crippen LogP contribution in [0.15, 0.2) is 0 Å². The molecule has 18 aliphatic carbocycles. The van der Waals surface area contributed by atoms with Crippen LogP contribution in [0.1, 0.15) is 175 Å². The molecule has 0 aliphatic heterocycles. The van der Waals surface area contributed by atoms with Crippen LogP contribution in [0.3, 0.4) is 0 Å². The molecule has 0 saturated heterocycles. The third-order valence-electron chi connectivity index (χ3n) is 23.6. The predicted octanol–water partition coefficient (Wildman–Crippen LogP) is 11.9. The van der Waals surface area contributed by atoms with Crippen LogP contribution in [0.4, 0.5) is 17.6 Å². The summed E-state index contributed by atoms with van der Waals surface area (Å²) in [6, 6.07) is 0. The minimum Gasteiger partial charge on any atom is -0.461 e. The molecule has 0 amide bonds. The first-order valence-corrected chi connectivity index (χ1v) is 28.1. The summed E-state index contributed by atoms with van der Waals surface area (Å²) < 4.78 is 77.0. The largest absolute Gasteiger partial charge is 0.461 e. The Hall–Kier alpha value is -2.40. The van der Waals surface area contributed by atoms with Gasteiger partial charge in [-0.3, -0.25) is 9.59 Å². The van der Waals surface area contributed by atoms with Gasteiger partial charge in [-0.25, -0.2) is 9.59 Å². The van der Waals surface area contributed by atoms with E-state index in [1.54, 1.807) is 0 Å². The molecule has 18 aliphatic rings. The number of esters is 4. The highest BCUT2D eigenvalue weighted by atomic mass is 19.3. The molecular weight excluding hydrogens is 889 g/mol. The Kier molecular flexibility index (Phi) is 10.5. The third kappa shape index (κ3) is 7.79. The van der Waals surface area contributed by atoms with Gasteiger partial charge in [0.2, 0.25) is 0 Å². The van der Waals surface area contributed by atoms with Gasteiger partial charge in [-0.2, -0.15) is 17.6 Å². The molecule has 18 atom stereocenters. The fourth-order valence-corrected chi connectivity index (χ4v) is 22.8. The van der Waals surface area contributed by atoms with Gasteiger partial charge in [0.05, 0.1) is 18.6 Å². The Morgan fingerprint density at radius 1 is 0.478 bits per heavy atom. The minimum absolute atomic E-state index is 0.0230. The summed E-state index contributed by atoms with van der Waals surface area (Å²) in [5, 5.41) is 0. The second kappa shape index (κ2) is 15.6. The van der Waals surface area contributed by atoms with E-state index < -0.39 is 35.0 Å². The zero-order valence-corrected chi connectivity index (χ0v) is 41.5. The van der Waals surface area contributed by atoms with Gasteiger partial charge in [-0.05, 0) is 248 Å². The summed E-state index contributed by atoms with van der Waals surface area (Å²) in [6.07, 6.45) is 25.2. The first-order valence-electron chi connectivity index (χ1n) is 28.1. The molecule has 18 unspecified atom stereocenters. The molecule has 18 saturated carbocycles. The lowest BCUT2D eigenvalue weighted by Crippen LogP contribution is -2.61. The highest BCUT2D eigenvalue weighted by molar-refractivity contribution is 5.79. The second-order valence-corrected chi connectivity index (χ2v) is 28.7. The second-order valence-electron chi connectivity index (χ2n) is 28.7. The lowest BCUT2D eigenvalue weighted by atomic mass is 9.45. The average Bonchev–Trinajstić information content (AvgIpc) is 3.87. The summed E-state index contributed by atoms with van der Waals surface area (Å²) in [5.74, 6) is 2.15. The van der Waals surface area contributed by atoms with Crippen molar-refractivity contribution < 1.29 is 55.7 Å². The van der Waals surface area contributed by atoms with E-state index in [4.69, 9.17) is 18.9 Å². The van der Waals surface area contributed by atoms with E-state index in [1.165, 1.54) is 51.4 Å². The van der Waals surface area contributed by atoms with Gasteiger partial charge in [0.15, 0.2) is 0 Å². The fraction of sp³-hybridized carbons (Fsp3) is 0.930. The van der Waals surface area contributed by atoms with Crippen LogP contribution >= 0.6 is 0 Å². The number of halogens is 4. The van der Waals surface area contributed by atoms with Crippen molar-refractivity contribution >= 4 is 23.9 Å². The van der Waals surface area contributed by atoms with Crippen molar-refractivity contribution in [2.75, 3.05) is 13.2 Å². The number of rotatable bonds is 11. The van der Waals surface area contributed by atoms with Crippen LogP contribution in [-0.4, -0.2) is 60.1 Å². The SMILES string of the molecule is CC(F)(F)C(=O)OCC12CC3CC(C1)CC(OC(=O)C14CC5CC6CC7CC5C(C1)C(C7)C6C4)(C3)C2.CC1CC2C3CC(CC(=O)OC45CC6CC(CC(COC(=O)C(C)(F)F)(C6)C4)C5)C(C3)C2C1. The lowest BCUT2D eigenvalue weighted by Gasteiger charge is -2.62. The first-order chi connectivity index (χ1) is 32.6. The Morgan fingerprint density at radius 2 is 0.986 bits per heavy atom. The van der Waals surface area contributed by atoms with Crippen LogP contribution in [0.5, 0.6) is 0 Å². The predicted molar refractivity (Wildman–Crippen MR) is 244 cm³/mol. The lowest BCUT2D eigenvalue weighted by molar-refractivity contribution is -0.228. The third-order valence-corrected chi connectivity index (χ3v) is 23.6. The van der Waals surface area contributed by atoms with Crippen LogP contribution < -0.4 is 0 Å². The number of fused-ring (bicyclic) bond motifs is 5. The first kappa shape index (κ1) is 46.4. The van der Waals surface area contributed by atoms with E-state index >= 15 is 0 Å². The van der Waals surface area contributed by atoms with Crippen LogP contribution in [-0.2, 0) is 38.1 Å². The van der Waals surface area contributed by atoms with Gasteiger partial charge in [-0.15, -0.1) is 0 Å². The molecule has 8 nitrogen and oxygen atoms in total. The maximum Gasteiger partial charge on any atom is 0.376 e. The van der Waals surface area contributed by atoms with Gasteiger partial charge in [-0.1, -0.05) is 6.92 Å². The molecule has 0 radical (unpaired) electrons. The van der Waals surface area contributed by atoms with E-state index in [9.17, 15) is 36.7 Å². The van der Waals surface area contributed by atoms with Crippen LogP contribution in [0, 0.1) is 117 Å². The van der Waals surface area contributed by atoms with Crippen LogP contribution in [0.25, 0.3) is 0 Å². The molecule has 382 valence electrons. The van der Waals surface area contributed by atoms with Crippen molar-refractivity contribution in [3.8, 4) is 0 Å². The van der Waals surface area contributed by atoms with Gasteiger partial charge in [0.1, 0.15) is 11.2 Å². The van der Waals surface area contributed by atoms with Gasteiger partial charge < -0.3 is 18.9 Å². The van der Waals surface area contributed by atoms with Gasteiger partial charge >= 0.3 is 35.7 Å². The number of alkyl halides is 4. The van der Waals surface area contributed by atoms with Gasteiger partial charge in [0, 0.05) is 31.1 Å². The maximum absolute atomic E-state index is 14.3. The van der Waals surface area contributed by atoms with Crippen molar-refractivity contribution in [1.29, 1.82) is 0 Å². The molecule has 0 heterocycles. The zero-order valence-electron chi connectivity index (χ0n) is 41.5. The standard InChI is InChI=1S/C30H40F2O4.C27H38F2O4/c1-27(31,32)25(33)35-15-28-7-17-2-18(8-28)10-30(9-17,14-28)36-26(34)29-11-20-6-19-3-16-4-21(20)24(13-29)22(5-16)23(19)12-29;1-15-3-20-18-6-19(21(7-18)22(20)4-15)8-23(30)33-27-11-16-5-17(12-27)10-26(9-16,13-27)14-32-24(31)25(2,28)29/h16-24H,2-15H2,1H3;15-22H,3-14H2,1-2H3. The van der Waals surface area contributed by atoms with E-state index in [1.807, 2.05) is 0 Å². The fourth-order valence-electron chi connectivity index (χ4n) is 22.8. The van der Waals surface area contributed by atoms with E-state index in [0.29, 0.717) is 74.5 Å². The van der Waals surface area contributed by atoms with E-state index in [0.717, 1.165) is 143 Å². The molecule has 0 aromatic carbocycles. The molecule has 0 N–H and O–H groups in total. The summed E-state index contributed by atoms with van der Waals surface area (Å²) in [7, 11) is 0. The quantitative estimate of drug-likeness (QED) is 0.115. The summed E-state index contributed by atoms with van der Waals surface area (Å²) in [5.41, 5.74) is -1.89. The maximum atomic E-state index is 14.3. The number of carbonyl (C=O) groups is 4. The zero-order chi connectivity index (χ0) is 47.8. The molecule has 0 aromatic heterocycles. The van der Waals surface area contributed by atoms with E-state index in [2.05, 4.69) is 6.92 Å². The van der Waals surface area contributed by atoms with Crippen molar-refractivity contribution in [1.82, 2.24) is 0 Å². The minimum atomic E-state index is -3.47. The van der Waals surface area contributed by atoms with Crippen molar-refractivity contribution in [2.24, 2.45) is 117 Å². The highest BCUT2D eigenvalue weighted by Gasteiger charge is 2.68. The Morgan fingerprint density at radius 3 is 1.58 bits per heavy atom. The van der Waals surface area contributed by atoms with Crippen LogP contribution in [0.2, 0.25) is 0 Å². The Labute approximate surface area is 406 Å². The van der Waals surface area contributed by atoms with Gasteiger partial charge in [0.25, 0.3) is 0 Å². The molecule has 0 spiro atoms. The molecule has 69 heavy (non-hydrogen) atoms. The molecular formula is C57H78F4O8. The molecule has 18 fully saturated rings. The average molecular weight is 967 g/mol. The van der Waals surface area contributed by atoms with Crippen molar-refractivity contribution in [3.05, 3.63) is 0 Å². The Bertz CT molecular complexity index is 2090. The molecule has 12 heteroatoms. The smallest absolute Gasteiger partial charge is 0.376 e. The summed E-state index contributed by atoms with van der Waals surface area (Å²) >= 11 is 0. The van der Waals surface area contributed by atoms with E-state index in [-0.39, 0.29) is 41.4 Å². The molecule has 18 rings (SSSR count). The normalized spacial score (nSPS) is 52.4. The number of hydrogen-bond donors (Lipinski definition) is 0. The molecule has 18 bridgehead atoms. The van der Waals surface area contributed by atoms with Crippen molar-refractivity contribution in [3.63, 3.8) is 0 Å². The Balaban J connectivity index is 0.000000136. The summed E-state index contributed by atoms with van der Waals surface area (Å²) in [6.45, 7) is 3.62. The number of carbonyl (C=O) groups excluding carboxylic acids is 4. The number of hydrogen-bond acceptors (Lipinski definition) is 8. The molecule has 0 aromatic rings. The van der Waals surface area contributed by atoms with Crippen molar-refractivity contribution in [2.45, 2.75) is 198 Å². The highest BCUT2D eigenvalue weighted by Crippen LogP contribution is 2.72. The monoisotopic (exact) mass is 967 g/mol. The topological polar surface area (TPSA) is 105 Å². The summed E-state index contributed by atoms with van der Waals surface area (Å²) in [4.78, 5) is 51.1. The number of ether oxygens (including phenoxy) is 4.